The van der Waals surface area contributed by atoms with E-state index in [9.17, 15) is 9.59 Å². The maximum absolute atomic E-state index is 12.7. The fourth-order valence-electron chi connectivity index (χ4n) is 3.62. The average molecular weight is 369 g/mol. The van der Waals surface area contributed by atoms with Crippen molar-refractivity contribution in [2.45, 2.75) is 38.8 Å². The van der Waals surface area contributed by atoms with E-state index in [4.69, 9.17) is 11.5 Å². The van der Waals surface area contributed by atoms with Crippen LogP contribution in [0.1, 0.15) is 37.0 Å². The molecule has 144 valence electrons. The zero-order chi connectivity index (χ0) is 19.6. The molecule has 2 atom stereocenters. The summed E-state index contributed by atoms with van der Waals surface area (Å²) >= 11 is 0. The van der Waals surface area contributed by atoms with Crippen LogP contribution < -0.4 is 16.8 Å². The molecule has 1 unspecified atom stereocenters. The molecule has 1 aromatic heterocycles. The van der Waals surface area contributed by atoms with Gasteiger partial charge in [-0.25, -0.2) is 0 Å². The number of nitrogens with one attached hydrogen (secondary N) is 1. The first-order chi connectivity index (χ1) is 12.9. The molecule has 0 spiro atoms. The van der Waals surface area contributed by atoms with Gasteiger partial charge in [-0.15, -0.1) is 0 Å². The van der Waals surface area contributed by atoms with Gasteiger partial charge in [-0.1, -0.05) is 0 Å². The van der Waals surface area contributed by atoms with E-state index in [1.165, 1.54) is 0 Å². The maximum Gasteiger partial charge on any atom is 0.251 e. The number of amides is 2. The molecule has 0 bridgehead atoms. The van der Waals surface area contributed by atoms with Crippen LogP contribution in [0.25, 0.3) is 10.9 Å². The van der Waals surface area contributed by atoms with Gasteiger partial charge in [0.25, 0.3) is 5.91 Å². The van der Waals surface area contributed by atoms with Crippen molar-refractivity contribution in [3.05, 3.63) is 36.0 Å². The molecule has 1 aromatic carbocycles. The van der Waals surface area contributed by atoms with Gasteiger partial charge in [-0.3, -0.25) is 14.6 Å². The molecule has 2 aromatic rings. The first kappa shape index (κ1) is 19.1. The molecule has 2 heterocycles. The van der Waals surface area contributed by atoms with Gasteiger partial charge in [0.2, 0.25) is 5.91 Å². The number of rotatable bonds is 4. The first-order valence-electron chi connectivity index (χ1n) is 9.36. The van der Waals surface area contributed by atoms with E-state index in [1.54, 1.807) is 31.3 Å². The van der Waals surface area contributed by atoms with Crippen LogP contribution in [-0.2, 0) is 4.79 Å². The molecule has 1 saturated heterocycles. The standard InChI is InChI=1S/C20H27N5O2/c1-12(21)20(27)25-9-6-14(7-10-25)13(2)24-19(26)15-3-4-18-16(11-15)17(22)5-8-23-18/h3-5,8,11-14H,6-7,9-10,21H2,1-2H3,(H2,22,23)(H,24,26)/t12-,13?/m0/s1. The van der Waals surface area contributed by atoms with Gasteiger partial charge in [0.1, 0.15) is 0 Å². The number of likely N-dealkylation sites (tertiary alicyclic amines) is 1. The van der Waals surface area contributed by atoms with Crippen LogP contribution in [-0.4, -0.2) is 46.9 Å². The van der Waals surface area contributed by atoms with Gasteiger partial charge in [-0.05, 0) is 56.9 Å². The van der Waals surface area contributed by atoms with Crippen molar-refractivity contribution >= 4 is 28.4 Å². The van der Waals surface area contributed by atoms with Crippen LogP contribution in [0.5, 0.6) is 0 Å². The Balaban J connectivity index is 1.61. The Bertz CT molecular complexity index is 843. The fourth-order valence-corrected chi connectivity index (χ4v) is 3.62. The van der Waals surface area contributed by atoms with Crippen LogP contribution in [0.3, 0.4) is 0 Å². The van der Waals surface area contributed by atoms with E-state index in [2.05, 4.69) is 10.3 Å². The van der Waals surface area contributed by atoms with Gasteiger partial charge in [-0.2, -0.15) is 0 Å². The lowest BCUT2D eigenvalue weighted by atomic mass is 9.90. The molecule has 7 nitrogen and oxygen atoms in total. The van der Waals surface area contributed by atoms with Gasteiger partial charge in [0.15, 0.2) is 0 Å². The molecule has 0 aliphatic carbocycles. The Hall–Kier alpha value is -2.67. The molecule has 7 heteroatoms. The number of carbonyl (C=O) groups excluding carboxylic acids is 2. The summed E-state index contributed by atoms with van der Waals surface area (Å²) in [5.41, 5.74) is 13.6. The number of nitrogen functional groups attached to an aromatic ring is 1. The van der Waals surface area contributed by atoms with Gasteiger partial charge in [0.05, 0.1) is 11.6 Å². The second-order valence-corrected chi connectivity index (χ2v) is 7.35. The summed E-state index contributed by atoms with van der Waals surface area (Å²) in [6.45, 7) is 5.10. The highest BCUT2D eigenvalue weighted by atomic mass is 16.2. The fraction of sp³-hybridized carbons (Fsp3) is 0.450. The number of aromatic nitrogens is 1. The van der Waals surface area contributed by atoms with Crippen molar-refractivity contribution < 1.29 is 9.59 Å². The number of pyridine rings is 1. The molecule has 1 aliphatic rings. The Labute approximate surface area is 159 Å². The Kier molecular flexibility index (Phi) is 5.60. The number of hydrogen-bond acceptors (Lipinski definition) is 5. The van der Waals surface area contributed by atoms with Crippen LogP contribution in [0.15, 0.2) is 30.5 Å². The molecule has 0 saturated carbocycles. The van der Waals surface area contributed by atoms with E-state index >= 15 is 0 Å². The SMILES string of the molecule is CC(NC(=O)c1ccc2nccc(N)c2c1)C1CCN(C(=O)[C@H](C)N)CC1. The molecule has 0 radical (unpaired) electrons. The minimum absolute atomic E-state index is 0.00694. The lowest BCUT2D eigenvalue weighted by Gasteiger charge is -2.35. The number of piperidine rings is 1. The summed E-state index contributed by atoms with van der Waals surface area (Å²) in [7, 11) is 0. The largest absolute Gasteiger partial charge is 0.398 e. The molecule has 1 fully saturated rings. The molecular weight excluding hydrogens is 342 g/mol. The zero-order valence-electron chi connectivity index (χ0n) is 15.8. The number of nitrogens with two attached hydrogens (primary N) is 2. The predicted octanol–water partition coefficient (Wildman–Crippen LogP) is 1.52. The second-order valence-electron chi connectivity index (χ2n) is 7.35. The summed E-state index contributed by atoms with van der Waals surface area (Å²) < 4.78 is 0. The van der Waals surface area contributed by atoms with E-state index in [-0.39, 0.29) is 17.9 Å². The number of carbonyl (C=O) groups is 2. The highest BCUT2D eigenvalue weighted by Crippen LogP contribution is 2.23. The van der Waals surface area contributed by atoms with Gasteiger partial charge >= 0.3 is 0 Å². The number of benzene rings is 1. The molecule has 2 amide bonds. The van der Waals surface area contributed by atoms with E-state index in [0.29, 0.717) is 30.3 Å². The van der Waals surface area contributed by atoms with E-state index in [0.717, 1.165) is 23.7 Å². The van der Waals surface area contributed by atoms with Crippen LogP contribution in [0.2, 0.25) is 0 Å². The van der Waals surface area contributed by atoms with Crippen molar-refractivity contribution in [3.63, 3.8) is 0 Å². The number of hydrogen-bond donors (Lipinski definition) is 3. The third-order valence-corrected chi connectivity index (χ3v) is 5.34. The molecule has 3 rings (SSSR count). The van der Waals surface area contributed by atoms with Gasteiger partial charge < -0.3 is 21.7 Å². The Morgan fingerprint density at radius 1 is 1.22 bits per heavy atom. The normalized spacial score (nSPS) is 17.5. The van der Waals surface area contributed by atoms with Crippen LogP contribution in [0.4, 0.5) is 5.69 Å². The first-order valence-corrected chi connectivity index (χ1v) is 9.36. The second kappa shape index (κ2) is 7.92. The maximum atomic E-state index is 12.7. The summed E-state index contributed by atoms with van der Waals surface area (Å²) in [5.74, 6) is 0.201. The van der Waals surface area contributed by atoms with E-state index < -0.39 is 6.04 Å². The van der Waals surface area contributed by atoms with Crippen molar-refractivity contribution in [2.75, 3.05) is 18.8 Å². The number of nitrogens with zero attached hydrogens (tertiary/aromatic N) is 2. The summed E-state index contributed by atoms with van der Waals surface area (Å²) in [5, 5.41) is 3.87. The van der Waals surface area contributed by atoms with Crippen molar-refractivity contribution in [3.8, 4) is 0 Å². The monoisotopic (exact) mass is 369 g/mol. The van der Waals surface area contributed by atoms with Gasteiger partial charge in [0, 0.05) is 42.0 Å². The van der Waals surface area contributed by atoms with Crippen molar-refractivity contribution in [1.82, 2.24) is 15.2 Å². The molecular formula is C20H27N5O2. The topological polar surface area (TPSA) is 114 Å². The smallest absolute Gasteiger partial charge is 0.251 e. The minimum atomic E-state index is -0.464. The van der Waals surface area contributed by atoms with Crippen molar-refractivity contribution in [2.24, 2.45) is 11.7 Å². The quantitative estimate of drug-likeness (QED) is 0.756. The third kappa shape index (κ3) is 4.19. The summed E-state index contributed by atoms with van der Waals surface area (Å²) in [6.07, 6.45) is 3.37. The lowest BCUT2D eigenvalue weighted by molar-refractivity contribution is -0.133. The molecule has 27 heavy (non-hydrogen) atoms. The Morgan fingerprint density at radius 2 is 1.93 bits per heavy atom. The van der Waals surface area contributed by atoms with Crippen molar-refractivity contribution in [1.29, 1.82) is 0 Å². The number of anilines is 1. The summed E-state index contributed by atoms with van der Waals surface area (Å²) in [4.78, 5) is 30.7. The van der Waals surface area contributed by atoms with E-state index in [1.807, 2.05) is 17.9 Å². The predicted molar refractivity (Wildman–Crippen MR) is 106 cm³/mol. The Morgan fingerprint density at radius 3 is 2.59 bits per heavy atom. The van der Waals surface area contributed by atoms with Crippen LogP contribution in [0, 0.1) is 5.92 Å². The third-order valence-electron chi connectivity index (χ3n) is 5.34. The molecule has 1 aliphatic heterocycles. The highest BCUT2D eigenvalue weighted by Gasteiger charge is 2.28. The minimum Gasteiger partial charge on any atom is -0.398 e. The number of fused-ring (bicyclic) bond motifs is 1. The summed E-state index contributed by atoms with van der Waals surface area (Å²) in [6, 6.07) is 6.64. The lowest BCUT2D eigenvalue weighted by Crippen LogP contribution is -2.49. The molecule has 5 N–H and O–H groups in total. The highest BCUT2D eigenvalue weighted by molar-refractivity contribution is 6.00. The van der Waals surface area contributed by atoms with Crippen LogP contribution >= 0.6 is 0 Å². The zero-order valence-corrected chi connectivity index (χ0v) is 15.8. The average Bonchev–Trinajstić information content (AvgIpc) is 2.67.